The van der Waals surface area contributed by atoms with Gasteiger partial charge in [-0.05, 0) is 37.0 Å². The van der Waals surface area contributed by atoms with E-state index in [2.05, 4.69) is 26.0 Å². The normalized spacial score (nSPS) is 17.9. The molecular weight excluding hydrogens is 248 g/mol. The van der Waals surface area contributed by atoms with Gasteiger partial charge in [-0.15, -0.1) is 0 Å². The first-order chi connectivity index (χ1) is 9.77. The zero-order valence-electron chi connectivity index (χ0n) is 13.0. The Morgan fingerprint density at radius 3 is 2.05 bits per heavy atom. The molecule has 0 saturated heterocycles. The largest absolute Gasteiger partial charge is 0.494 e. The Labute approximate surface area is 123 Å². The number of fused-ring (bicyclic) bond motifs is 12. The zero-order valence-corrected chi connectivity index (χ0v) is 13.0. The second kappa shape index (κ2) is 8.18. The molecule has 0 spiro atoms. The summed E-state index contributed by atoms with van der Waals surface area (Å²) in [7, 11) is 0. The Morgan fingerprint density at radius 2 is 1.40 bits per heavy atom. The highest BCUT2D eigenvalue weighted by Crippen LogP contribution is 2.31. The molecule has 1 aromatic rings. The van der Waals surface area contributed by atoms with Crippen molar-refractivity contribution in [2.45, 2.75) is 64.7 Å². The van der Waals surface area contributed by atoms with E-state index in [0.29, 0.717) is 5.92 Å². The van der Waals surface area contributed by atoms with Crippen molar-refractivity contribution in [1.29, 1.82) is 0 Å². The molecule has 2 heterocycles. The standard InChI is InChI=1S/C18H28O2/c1-15(2)17-14-16-10-11-18(17)20-13-9-7-5-3-4-6-8-12-19-16/h10-11,14-15H,3-9,12-13H2,1-2H3. The van der Waals surface area contributed by atoms with Crippen molar-refractivity contribution in [1.82, 2.24) is 0 Å². The summed E-state index contributed by atoms with van der Waals surface area (Å²) >= 11 is 0. The van der Waals surface area contributed by atoms with Gasteiger partial charge in [-0.3, -0.25) is 0 Å². The second-order valence-electron chi connectivity index (χ2n) is 6.03. The summed E-state index contributed by atoms with van der Waals surface area (Å²) in [6.07, 6.45) is 8.91. The van der Waals surface area contributed by atoms with Crippen LogP contribution in [0.1, 0.15) is 70.3 Å². The molecule has 2 aliphatic rings. The fourth-order valence-corrected chi connectivity index (χ4v) is 2.66. The first-order valence-corrected chi connectivity index (χ1v) is 8.17. The quantitative estimate of drug-likeness (QED) is 0.692. The van der Waals surface area contributed by atoms with Gasteiger partial charge in [-0.2, -0.15) is 0 Å². The molecule has 20 heavy (non-hydrogen) atoms. The average molecular weight is 276 g/mol. The van der Waals surface area contributed by atoms with Crippen LogP contribution >= 0.6 is 0 Å². The molecule has 3 rings (SSSR count). The Balaban J connectivity index is 2.08. The van der Waals surface area contributed by atoms with Crippen molar-refractivity contribution in [2.24, 2.45) is 0 Å². The molecule has 2 bridgehead atoms. The number of hydrogen-bond donors (Lipinski definition) is 0. The average Bonchev–Trinajstić information content (AvgIpc) is 2.46. The van der Waals surface area contributed by atoms with Gasteiger partial charge >= 0.3 is 0 Å². The Bertz CT molecular complexity index is 398. The highest BCUT2D eigenvalue weighted by Gasteiger charge is 2.10. The lowest BCUT2D eigenvalue weighted by Gasteiger charge is -2.16. The monoisotopic (exact) mass is 276 g/mol. The van der Waals surface area contributed by atoms with Crippen LogP contribution in [0, 0.1) is 0 Å². The zero-order chi connectivity index (χ0) is 14.2. The Morgan fingerprint density at radius 1 is 0.800 bits per heavy atom. The molecule has 0 unspecified atom stereocenters. The van der Waals surface area contributed by atoms with E-state index in [1.165, 1.54) is 37.7 Å². The van der Waals surface area contributed by atoms with Gasteiger partial charge in [0.05, 0.1) is 13.2 Å². The van der Waals surface area contributed by atoms with Gasteiger partial charge in [0.2, 0.25) is 0 Å². The summed E-state index contributed by atoms with van der Waals surface area (Å²) in [6, 6.07) is 6.27. The maximum Gasteiger partial charge on any atom is 0.123 e. The summed E-state index contributed by atoms with van der Waals surface area (Å²) in [4.78, 5) is 0. The van der Waals surface area contributed by atoms with Crippen LogP contribution < -0.4 is 9.47 Å². The van der Waals surface area contributed by atoms with E-state index >= 15 is 0 Å². The second-order valence-corrected chi connectivity index (χ2v) is 6.03. The van der Waals surface area contributed by atoms with Gasteiger partial charge in [0, 0.05) is 5.56 Å². The van der Waals surface area contributed by atoms with E-state index in [1.807, 2.05) is 6.07 Å². The van der Waals surface area contributed by atoms with E-state index in [9.17, 15) is 0 Å². The number of hydrogen-bond acceptors (Lipinski definition) is 2. The van der Waals surface area contributed by atoms with Gasteiger partial charge in [-0.25, -0.2) is 0 Å². The molecule has 2 aliphatic heterocycles. The summed E-state index contributed by atoms with van der Waals surface area (Å²) in [6.45, 7) is 6.08. The van der Waals surface area contributed by atoms with Crippen LogP contribution in [-0.2, 0) is 0 Å². The number of benzene rings is 1. The van der Waals surface area contributed by atoms with Gasteiger partial charge in [0.15, 0.2) is 0 Å². The molecule has 0 atom stereocenters. The van der Waals surface area contributed by atoms with E-state index < -0.39 is 0 Å². The lowest BCUT2D eigenvalue weighted by Crippen LogP contribution is -2.03. The van der Waals surface area contributed by atoms with Crippen LogP contribution in [0.5, 0.6) is 11.5 Å². The third-order valence-corrected chi connectivity index (χ3v) is 3.92. The molecule has 0 amide bonds. The van der Waals surface area contributed by atoms with Crippen molar-refractivity contribution in [3.05, 3.63) is 23.8 Å². The first kappa shape index (κ1) is 15.2. The first-order valence-electron chi connectivity index (χ1n) is 8.17. The summed E-state index contributed by atoms with van der Waals surface area (Å²) in [5.41, 5.74) is 1.26. The van der Waals surface area contributed by atoms with Crippen molar-refractivity contribution in [2.75, 3.05) is 13.2 Å². The maximum absolute atomic E-state index is 5.97. The molecule has 0 aliphatic carbocycles. The van der Waals surface area contributed by atoms with Crippen molar-refractivity contribution in [3.8, 4) is 11.5 Å². The molecule has 0 N–H and O–H groups in total. The van der Waals surface area contributed by atoms with Crippen LogP contribution in [0.4, 0.5) is 0 Å². The van der Waals surface area contributed by atoms with E-state index in [0.717, 1.165) is 37.6 Å². The van der Waals surface area contributed by atoms with E-state index in [-0.39, 0.29) is 0 Å². The predicted molar refractivity (Wildman–Crippen MR) is 83.8 cm³/mol. The summed E-state index contributed by atoms with van der Waals surface area (Å²) in [5, 5.41) is 0. The van der Waals surface area contributed by atoms with Crippen molar-refractivity contribution < 1.29 is 9.47 Å². The van der Waals surface area contributed by atoms with E-state index in [4.69, 9.17) is 9.47 Å². The molecule has 0 fully saturated rings. The highest BCUT2D eigenvalue weighted by atomic mass is 16.5. The van der Waals surface area contributed by atoms with Crippen LogP contribution in [0.2, 0.25) is 0 Å². The molecular formula is C18H28O2. The third-order valence-electron chi connectivity index (χ3n) is 3.92. The minimum Gasteiger partial charge on any atom is -0.494 e. The van der Waals surface area contributed by atoms with E-state index in [1.54, 1.807) is 0 Å². The SMILES string of the molecule is CC(C)c1cc2ccc1OCCCCCCCCCO2. The fourth-order valence-electron chi connectivity index (χ4n) is 2.66. The third kappa shape index (κ3) is 4.73. The summed E-state index contributed by atoms with van der Waals surface area (Å²) in [5.74, 6) is 2.47. The highest BCUT2D eigenvalue weighted by molar-refractivity contribution is 5.42. The minimum absolute atomic E-state index is 0.462. The lowest BCUT2D eigenvalue weighted by molar-refractivity contribution is 0.297. The maximum atomic E-state index is 5.97. The van der Waals surface area contributed by atoms with Gasteiger partial charge in [0.25, 0.3) is 0 Å². The molecule has 2 heteroatoms. The molecule has 0 aromatic heterocycles. The van der Waals surface area contributed by atoms with Crippen LogP contribution in [-0.4, -0.2) is 13.2 Å². The predicted octanol–water partition coefficient (Wildman–Crippen LogP) is 5.31. The van der Waals surface area contributed by atoms with Crippen LogP contribution in [0.15, 0.2) is 18.2 Å². The topological polar surface area (TPSA) is 18.5 Å². The van der Waals surface area contributed by atoms with Crippen molar-refractivity contribution in [3.63, 3.8) is 0 Å². The minimum atomic E-state index is 0.462. The molecule has 2 nitrogen and oxygen atoms in total. The van der Waals surface area contributed by atoms with Gasteiger partial charge < -0.3 is 9.47 Å². The lowest BCUT2D eigenvalue weighted by atomic mass is 10.0. The number of ether oxygens (including phenoxy) is 2. The Hall–Kier alpha value is -1.18. The van der Waals surface area contributed by atoms with Gasteiger partial charge in [0.1, 0.15) is 11.5 Å². The number of rotatable bonds is 1. The summed E-state index contributed by atoms with van der Waals surface area (Å²) < 4.78 is 11.8. The smallest absolute Gasteiger partial charge is 0.123 e. The fraction of sp³-hybridized carbons (Fsp3) is 0.667. The molecule has 0 saturated carbocycles. The Kier molecular flexibility index (Phi) is 6.23. The molecule has 1 aromatic carbocycles. The van der Waals surface area contributed by atoms with Gasteiger partial charge in [-0.1, -0.05) is 46.0 Å². The molecule has 112 valence electrons. The van der Waals surface area contributed by atoms with Crippen molar-refractivity contribution >= 4 is 0 Å². The van der Waals surface area contributed by atoms with Crippen LogP contribution in [0.3, 0.4) is 0 Å². The van der Waals surface area contributed by atoms with Crippen LogP contribution in [0.25, 0.3) is 0 Å². The molecule has 0 radical (unpaired) electrons.